The number of imidazole rings is 1. The number of benzene rings is 1. The van der Waals surface area contributed by atoms with E-state index >= 15 is 0 Å². The largest absolute Gasteiger partial charge is 0.494 e. The van der Waals surface area contributed by atoms with Gasteiger partial charge < -0.3 is 19.5 Å². The van der Waals surface area contributed by atoms with Crippen LogP contribution in [0.2, 0.25) is 0 Å². The third kappa shape index (κ3) is 4.53. The Kier molecular flexibility index (Phi) is 5.93. The summed E-state index contributed by atoms with van der Waals surface area (Å²) in [7, 11) is 0. The van der Waals surface area contributed by atoms with E-state index in [0.29, 0.717) is 13.2 Å². The first-order valence-corrected chi connectivity index (χ1v) is 9.01. The van der Waals surface area contributed by atoms with Crippen LogP contribution in [-0.2, 0) is 6.54 Å². The molecule has 0 saturated carbocycles. The molecule has 1 N–H and O–H groups in total. The summed E-state index contributed by atoms with van der Waals surface area (Å²) in [6, 6.07) is 8.29. The molecule has 2 heterocycles. The highest BCUT2D eigenvalue weighted by Crippen LogP contribution is 2.32. The van der Waals surface area contributed by atoms with E-state index in [1.54, 1.807) is 12.5 Å². The molecule has 1 aromatic heterocycles. The molecule has 1 fully saturated rings. The van der Waals surface area contributed by atoms with Crippen molar-refractivity contribution in [1.82, 2.24) is 19.8 Å². The Morgan fingerprint density at radius 3 is 2.92 bits per heavy atom. The highest BCUT2D eigenvalue weighted by molar-refractivity contribution is 5.75. The number of nitrogens with zero attached hydrogens (tertiary/aromatic N) is 3. The molecule has 1 saturated heterocycles. The van der Waals surface area contributed by atoms with Crippen molar-refractivity contribution in [2.24, 2.45) is 0 Å². The van der Waals surface area contributed by atoms with Gasteiger partial charge >= 0.3 is 6.03 Å². The Hall–Kier alpha value is -2.50. The minimum atomic E-state index is 0.0296. The Labute approximate surface area is 148 Å². The minimum absolute atomic E-state index is 0.0296. The van der Waals surface area contributed by atoms with Crippen LogP contribution >= 0.6 is 0 Å². The first kappa shape index (κ1) is 17.3. The average Bonchev–Trinajstić information content (AvgIpc) is 3.31. The zero-order valence-electron chi connectivity index (χ0n) is 14.7. The average molecular weight is 342 g/mol. The van der Waals surface area contributed by atoms with Crippen molar-refractivity contribution in [2.75, 3.05) is 19.7 Å². The van der Waals surface area contributed by atoms with Crippen molar-refractivity contribution in [2.45, 2.75) is 38.8 Å². The predicted molar refractivity (Wildman–Crippen MR) is 96.5 cm³/mol. The summed E-state index contributed by atoms with van der Waals surface area (Å²) in [5.41, 5.74) is 1.18. The van der Waals surface area contributed by atoms with Crippen molar-refractivity contribution < 1.29 is 9.53 Å². The maximum atomic E-state index is 12.5. The van der Waals surface area contributed by atoms with Gasteiger partial charge in [-0.3, -0.25) is 0 Å². The lowest BCUT2D eigenvalue weighted by atomic mass is 10.0. The van der Waals surface area contributed by atoms with E-state index in [2.05, 4.69) is 22.4 Å². The number of ether oxygens (including phenoxy) is 1. The first-order chi connectivity index (χ1) is 12.3. The van der Waals surface area contributed by atoms with Crippen molar-refractivity contribution >= 4 is 6.03 Å². The van der Waals surface area contributed by atoms with Gasteiger partial charge in [0, 0.05) is 32.0 Å². The fourth-order valence-corrected chi connectivity index (χ4v) is 3.29. The van der Waals surface area contributed by atoms with Gasteiger partial charge in [0.2, 0.25) is 0 Å². The van der Waals surface area contributed by atoms with E-state index in [0.717, 1.165) is 38.1 Å². The van der Waals surface area contributed by atoms with Gasteiger partial charge in [0.1, 0.15) is 5.75 Å². The highest BCUT2D eigenvalue weighted by Gasteiger charge is 2.29. The number of urea groups is 1. The second-order valence-electron chi connectivity index (χ2n) is 6.24. The van der Waals surface area contributed by atoms with Crippen LogP contribution in [0.15, 0.2) is 43.0 Å². The summed E-state index contributed by atoms with van der Waals surface area (Å²) in [4.78, 5) is 18.5. The summed E-state index contributed by atoms with van der Waals surface area (Å²) in [5, 5.41) is 3.05. The number of amides is 2. The van der Waals surface area contributed by atoms with Gasteiger partial charge in [0.15, 0.2) is 0 Å². The predicted octanol–water partition coefficient (Wildman–Crippen LogP) is 3.22. The number of carbonyl (C=O) groups excluding carboxylic acids is 1. The molecule has 6 nitrogen and oxygen atoms in total. The molecule has 0 spiro atoms. The fraction of sp³-hybridized carbons (Fsp3) is 0.474. The van der Waals surface area contributed by atoms with Crippen LogP contribution in [0, 0.1) is 0 Å². The van der Waals surface area contributed by atoms with Crippen LogP contribution in [0.5, 0.6) is 5.75 Å². The molecule has 1 atom stereocenters. The van der Waals surface area contributed by atoms with Crippen molar-refractivity contribution in [1.29, 1.82) is 0 Å². The molecule has 3 rings (SSSR count). The number of rotatable bonds is 7. The summed E-state index contributed by atoms with van der Waals surface area (Å²) in [5.74, 6) is 0.875. The zero-order valence-corrected chi connectivity index (χ0v) is 14.7. The van der Waals surface area contributed by atoms with E-state index in [-0.39, 0.29) is 12.1 Å². The van der Waals surface area contributed by atoms with Gasteiger partial charge in [-0.15, -0.1) is 0 Å². The van der Waals surface area contributed by atoms with Crippen LogP contribution in [-0.4, -0.2) is 40.2 Å². The number of nitrogens with one attached hydrogen (secondary N) is 1. The molecule has 0 bridgehead atoms. The number of hydrogen-bond donors (Lipinski definition) is 1. The number of aromatic nitrogens is 2. The van der Waals surface area contributed by atoms with Crippen molar-refractivity contribution in [3.63, 3.8) is 0 Å². The Morgan fingerprint density at radius 1 is 1.36 bits per heavy atom. The van der Waals surface area contributed by atoms with E-state index in [4.69, 9.17) is 4.74 Å². The normalized spacial score (nSPS) is 16.8. The Bertz CT molecular complexity index is 655. The molecular formula is C19H26N4O2. The van der Waals surface area contributed by atoms with E-state index in [1.165, 1.54) is 5.56 Å². The van der Waals surface area contributed by atoms with E-state index < -0.39 is 0 Å². The summed E-state index contributed by atoms with van der Waals surface area (Å²) < 4.78 is 7.51. The van der Waals surface area contributed by atoms with Crippen molar-refractivity contribution in [3.05, 3.63) is 48.5 Å². The summed E-state index contributed by atoms with van der Waals surface area (Å²) >= 11 is 0. The molecule has 1 aliphatic rings. The number of hydrogen-bond acceptors (Lipinski definition) is 3. The van der Waals surface area contributed by atoms with Gasteiger partial charge in [0.05, 0.1) is 19.0 Å². The molecule has 1 aromatic carbocycles. The van der Waals surface area contributed by atoms with E-state index in [9.17, 15) is 4.79 Å². The highest BCUT2D eigenvalue weighted by atomic mass is 16.5. The minimum Gasteiger partial charge on any atom is -0.494 e. The molecule has 25 heavy (non-hydrogen) atoms. The maximum absolute atomic E-state index is 12.5. The van der Waals surface area contributed by atoms with Crippen LogP contribution in [0.1, 0.15) is 37.8 Å². The summed E-state index contributed by atoms with van der Waals surface area (Å²) in [6.45, 7) is 4.98. The number of carbonyl (C=O) groups is 1. The second-order valence-corrected chi connectivity index (χ2v) is 6.24. The second kappa shape index (κ2) is 8.55. The molecule has 1 aliphatic heterocycles. The topological polar surface area (TPSA) is 59.4 Å². The molecule has 0 aliphatic carbocycles. The standard InChI is InChI=1S/C19H26N4O2/c1-2-25-17-8-6-16(7-9-17)18-5-3-13-23(18)19(24)21-10-4-12-22-14-11-20-15-22/h6-9,11,14-15,18H,2-5,10,12-13H2,1H3,(H,21,24). The van der Waals surface area contributed by atoms with Gasteiger partial charge in [-0.05, 0) is 43.9 Å². The molecule has 1 unspecified atom stereocenters. The van der Waals surface area contributed by atoms with E-state index in [1.807, 2.05) is 34.7 Å². The van der Waals surface area contributed by atoms with Gasteiger partial charge in [-0.25, -0.2) is 9.78 Å². The van der Waals surface area contributed by atoms with Crippen LogP contribution in [0.4, 0.5) is 4.79 Å². The lowest BCUT2D eigenvalue weighted by Gasteiger charge is -2.25. The summed E-state index contributed by atoms with van der Waals surface area (Å²) in [6.07, 6.45) is 8.44. The quantitative estimate of drug-likeness (QED) is 0.786. The Balaban J connectivity index is 1.50. The number of likely N-dealkylation sites (tertiary alicyclic amines) is 1. The number of aryl methyl sites for hydroxylation is 1. The van der Waals surface area contributed by atoms with Crippen LogP contribution in [0.3, 0.4) is 0 Å². The monoisotopic (exact) mass is 342 g/mol. The Morgan fingerprint density at radius 2 is 2.20 bits per heavy atom. The van der Waals surface area contributed by atoms with Crippen LogP contribution in [0.25, 0.3) is 0 Å². The molecule has 134 valence electrons. The SMILES string of the molecule is CCOc1ccc(C2CCCN2C(=O)NCCCn2ccnc2)cc1. The molecular weight excluding hydrogens is 316 g/mol. The zero-order chi connectivity index (χ0) is 17.5. The molecule has 2 amide bonds. The lowest BCUT2D eigenvalue weighted by Crippen LogP contribution is -2.40. The molecule has 0 radical (unpaired) electrons. The van der Waals surface area contributed by atoms with Gasteiger partial charge in [-0.1, -0.05) is 12.1 Å². The van der Waals surface area contributed by atoms with Gasteiger partial charge in [-0.2, -0.15) is 0 Å². The molecule has 6 heteroatoms. The lowest BCUT2D eigenvalue weighted by molar-refractivity contribution is 0.192. The third-order valence-corrected chi connectivity index (χ3v) is 4.52. The van der Waals surface area contributed by atoms with Gasteiger partial charge in [0.25, 0.3) is 0 Å². The van der Waals surface area contributed by atoms with Crippen molar-refractivity contribution in [3.8, 4) is 5.75 Å². The third-order valence-electron chi connectivity index (χ3n) is 4.52. The smallest absolute Gasteiger partial charge is 0.317 e. The first-order valence-electron chi connectivity index (χ1n) is 9.01. The van der Waals surface area contributed by atoms with Crippen LogP contribution < -0.4 is 10.1 Å². The molecule has 2 aromatic rings. The fourth-order valence-electron chi connectivity index (χ4n) is 3.29. The maximum Gasteiger partial charge on any atom is 0.317 e.